The van der Waals surface area contributed by atoms with E-state index in [9.17, 15) is 19.5 Å². The molecule has 190 valence electrons. The number of hydrogen-bond donors (Lipinski definition) is 3. The van der Waals surface area contributed by atoms with E-state index in [0.29, 0.717) is 0 Å². The minimum absolute atomic E-state index is 0.00442. The van der Waals surface area contributed by atoms with Crippen LogP contribution in [-0.2, 0) is 9.47 Å². The van der Waals surface area contributed by atoms with Gasteiger partial charge in [0.2, 0.25) is 17.3 Å². The Bertz CT molecular complexity index is 1510. The Morgan fingerprint density at radius 2 is 1.54 bits per heavy atom. The molecule has 1 aliphatic rings. The summed E-state index contributed by atoms with van der Waals surface area (Å²) in [5.74, 6) is -2.37. The van der Waals surface area contributed by atoms with Crippen LogP contribution < -0.4 is 20.9 Å². The normalized spacial score (nSPS) is 12.8. The predicted octanol–water partition coefficient (Wildman–Crippen LogP) is 2.10. The highest BCUT2D eigenvalue weighted by Gasteiger charge is 2.34. The van der Waals surface area contributed by atoms with Crippen molar-refractivity contribution in [3.8, 4) is 39.8 Å². The number of nitrogens with zero attached hydrogens (tertiary/aromatic N) is 2. The van der Waals surface area contributed by atoms with Crippen LogP contribution in [0.25, 0.3) is 22.5 Å². The first-order chi connectivity index (χ1) is 17.7. The summed E-state index contributed by atoms with van der Waals surface area (Å²) in [6.07, 6.45) is 0. The summed E-state index contributed by atoms with van der Waals surface area (Å²) in [5, 5.41) is 10.9. The number of anilines is 1. The fraction of sp³-hybridized carbons (Fsp3) is 0.160. The van der Waals surface area contributed by atoms with Crippen LogP contribution in [0.4, 0.5) is 5.69 Å². The average molecular weight is 506 g/mol. The summed E-state index contributed by atoms with van der Waals surface area (Å²) in [4.78, 5) is 46.5. The van der Waals surface area contributed by atoms with Gasteiger partial charge in [-0.05, 0) is 30.3 Å². The highest BCUT2D eigenvalue weighted by molar-refractivity contribution is 6.25. The molecule has 12 heteroatoms. The third kappa shape index (κ3) is 3.93. The van der Waals surface area contributed by atoms with Crippen molar-refractivity contribution in [1.29, 1.82) is 0 Å². The number of esters is 1. The van der Waals surface area contributed by atoms with Crippen molar-refractivity contribution < 1.29 is 38.4 Å². The minimum Gasteiger partial charge on any atom is -0.504 e. The summed E-state index contributed by atoms with van der Waals surface area (Å²) in [7, 11) is 5.18. The van der Waals surface area contributed by atoms with Crippen LogP contribution in [0.2, 0.25) is 0 Å². The van der Waals surface area contributed by atoms with Crippen LogP contribution in [0.1, 0.15) is 31.3 Å². The van der Waals surface area contributed by atoms with E-state index < -0.39 is 17.5 Å². The lowest BCUT2D eigenvalue weighted by molar-refractivity contribution is 0.0594. The number of ketones is 2. The first kappa shape index (κ1) is 25.0. The van der Waals surface area contributed by atoms with Crippen molar-refractivity contribution in [2.45, 2.75) is 0 Å². The first-order valence-electron chi connectivity index (χ1n) is 10.7. The van der Waals surface area contributed by atoms with Gasteiger partial charge in [0.15, 0.2) is 17.3 Å². The Morgan fingerprint density at radius 1 is 0.838 bits per heavy atom. The topological polar surface area (TPSA) is 186 Å². The van der Waals surface area contributed by atoms with Gasteiger partial charge >= 0.3 is 5.97 Å². The number of methoxy groups -OCH3 is 4. The second kappa shape index (κ2) is 9.49. The fourth-order valence-electron chi connectivity index (χ4n) is 3.94. The summed E-state index contributed by atoms with van der Waals surface area (Å²) in [6, 6.07) is 7.19. The lowest BCUT2D eigenvalue weighted by Crippen LogP contribution is -2.28. The van der Waals surface area contributed by atoms with Gasteiger partial charge in [-0.25, -0.2) is 14.8 Å². The number of carbonyl (C=O) groups excluding carboxylic acids is 3. The van der Waals surface area contributed by atoms with E-state index in [4.69, 9.17) is 30.4 Å². The number of phenols is 1. The molecule has 0 saturated carbocycles. The lowest BCUT2D eigenvalue weighted by Gasteiger charge is -2.19. The molecule has 0 aliphatic heterocycles. The summed E-state index contributed by atoms with van der Waals surface area (Å²) < 4.78 is 20.3. The van der Waals surface area contributed by atoms with Crippen molar-refractivity contribution in [2.24, 2.45) is 5.73 Å². The van der Waals surface area contributed by atoms with Crippen LogP contribution >= 0.6 is 0 Å². The number of nitrogen functional groups attached to an aromatic ring is 1. The Balaban J connectivity index is 1.97. The van der Waals surface area contributed by atoms with Crippen molar-refractivity contribution in [3.05, 3.63) is 58.7 Å². The molecule has 1 aromatic carbocycles. The molecule has 1 aliphatic carbocycles. The van der Waals surface area contributed by atoms with Gasteiger partial charge in [-0.2, -0.15) is 0 Å². The standard InChI is InChI=1S/C25H22N4O8/c1-34-15-8-6-10(20(30)23(15)35-2)12-9-14(25(33)37-4)29-19(16(12)26)13-7-5-11-18(28-13)22(32)17(27)24(36-3)21(11)31/h5-9,30H,26-27H2,1-4H3. The quantitative estimate of drug-likeness (QED) is 0.414. The molecule has 0 amide bonds. The van der Waals surface area contributed by atoms with Crippen LogP contribution in [0.5, 0.6) is 17.2 Å². The number of rotatable bonds is 6. The number of aromatic hydroxyl groups is 1. The van der Waals surface area contributed by atoms with Crippen molar-refractivity contribution in [2.75, 3.05) is 34.2 Å². The molecule has 37 heavy (non-hydrogen) atoms. The monoisotopic (exact) mass is 506 g/mol. The number of fused-ring (bicyclic) bond motifs is 1. The van der Waals surface area contributed by atoms with Gasteiger partial charge in [0.1, 0.15) is 22.8 Å². The van der Waals surface area contributed by atoms with E-state index in [1.54, 1.807) is 6.07 Å². The third-order valence-electron chi connectivity index (χ3n) is 5.76. The molecule has 0 bridgehead atoms. The number of aromatic nitrogens is 2. The Kier molecular flexibility index (Phi) is 6.41. The van der Waals surface area contributed by atoms with E-state index >= 15 is 0 Å². The number of allylic oxidation sites excluding steroid dienone is 2. The predicted molar refractivity (Wildman–Crippen MR) is 130 cm³/mol. The minimum atomic E-state index is -0.788. The highest BCUT2D eigenvalue weighted by Crippen LogP contribution is 2.46. The number of Topliss-reactive ketones (excluding diaryl/α,β-unsaturated/α-hetero) is 2. The highest BCUT2D eigenvalue weighted by atomic mass is 16.5. The van der Waals surface area contributed by atoms with Gasteiger partial charge in [-0.3, -0.25) is 9.59 Å². The summed E-state index contributed by atoms with van der Waals surface area (Å²) in [5.41, 5.74) is 12.0. The third-order valence-corrected chi connectivity index (χ3v) is 5.76. The molecule has 5 N–H and O–H groups in total. The lowest BCUT2D eigenvalue weighted by atomic mass is 9.94. The number of nitrogens with two attached hydrogens (primary N) is 2. The van der Waals surface area contributed by atoms with E-state index in [1.165, 1.54) is 52.7 Å². The van der Waals surface area contributed by atoms with E-state index in [1.807, 2.05) is 0 Å². The van der Waals surface area contributed by atoms with E-state index in [0.717, 1.165) is 0 Å². The fourth-order valence-corrected chi connectivity index (χ4v) is 3.94. The molecular weight excluding hydrogens is 484 g/mol. The zero-order chi connectivity index (χ0) is 27.0. The Morgan fingerprint density at radius 3 is 2.16 bits per heavy atom. The maximum atomic E-state index is 12.8. The maximum Gasteiger partial charge on any atom is 0.356 e. The van der Waals surface area contributed by atoms with Gasteiger partial charge in [0, 0.05) is 11.1 Å². The summed E-state index contributed by atoms with van der Waals surface area (Å²) >= 11 is 0. The van der Waals surface area contributed by atoms with E-state index in [-0.39, 0.29) is 73.9 Å². The van der Waals surface area contributed by atoms with Crippen LogP contribution in [0.15, 0.2) is 41.8 Å². The smallest absolute Gasteiger partial charge is 0.356 e. The molecule has 0 radical (unpaired) electrons. The first-order valence-corrected chi connectivity index (χ1v) is 10.7. The van der Waals surface area contributed by atoms with Crippen molar-refractivity contribution in [3.63, 3.8) is 0 Å². The number of phenolic OH excluding ortho intramolecular Hbond substituents is 1. The molecule has 4 rings (SSSR count). The van der Waals surface area contributed by atoms with Gasteiger partial charge in [0.05, 0.1) is 45.4 Å². The Labute approximate surface area is 210 Å². The van der Waals surface area contributed by atoms with Gasteiger partial charge in [-0.1, -0.05) is 0 Å². The van der Waals surface area contributed by atoms with Crippen molar-refractivity contribution in [1.82, 2.24) is 9.97 Å². The molecule has 3 aromatic rings. The number of carbonyl (C=O) groups is 3. The van der Waals surface area contributed by atoms with Gasteiger partial charge in [0.25, 0.3) is 0 Å². The molecular formula is C25H22N4O8. The molecule has 0 unspecified atom stereocenters. The molecule has 0 fully saturated rings. The molecule has 0 saturated heterocycles. The largest absolute Gasteiger partial charge is 0.504 e. The van der Waals surface area contributed by atoms with Crippen LogP contribution in [0.3, 0.4) is 0 Å². The number of benzene rings is 1. The molecule has 2 heterocycles. The zero-order valence-corrected chi connectivity index (χ0v) is 20.2. The molecule has 0 spiro atoms. The second-order valence-corrected chi connectivity index (χ2v) is 7.70. The summed E-state index contributed by atoms with van der Waals surface area (Å²) in [6.45, 7) is 0. The number of pyridine rings is 2. The number of hydrogen-bond acceptors (Lipinski definition) is 12. The van der Waals surface area contributed by atoms with Crippen LogP contribution in [-0.4, -0.2) is 61.0 Å². The molecule has 2 aromatic heterocycles. The van der Waals surface area contributed by atoms with Crippen LogP contribution in [0, 0.1) is 0 Å². The average Bonchev–Trinajstić information content (AvgIpc) is 2.91. The maximum absolute atomic E-state index is 12.8. The second-order valence-electron chi connectivity index (χ2n) is 7.70. The van der Waals surface area contributed by atoms with Gasteiger partial charge < -0.3 is 35.5 Å². The molecule has 0 atom stereocenters. The molecule has 12 nitrogen and oxygen atoms in total. The van der Waals surface area contributed by atoms with Gasteiger partial charge in [-0.15, -0.1) is 0 Å². The number of ether oxygens (including phenoxy) is 4. The zero-order valence-electron chi connectivity index (χ0n) is 20.2. The van der Waals surface area contributed by atoms with E-state index in [2.05, 4.69) is 9.97 Å². The van der Waals surface area contributed by atoms with Crippen molar-refractivity contribution >= 4 is 23.2 Å². The Hall–Kier alpha value is -5.13. The SMILES string of the molecule is COC(=O)c1cc(-c2ccc(OC)c(OC)c2O)c(N)c(-c2ccc3c(n2)C(=O)C(N)=C(OC)C3=O)n1.